The number of hydrogen-bond donors (Lipinski definition) is 2. The zero-order valence-electron chi connectivity index (χ0n) is 15.0. The van der Waals surface area contributed by atoms with Crippen molar-refractivity contribution in [3.05, 3.63) is 40.7 Å². The molecular formula is C18H25N3O3S. The van der Waals surface area contributed by atoms with E-state index in [9.17, 15) is 9.59 Å². The maximum Gasteiger partial charge on any atom is 0.291 e. The van der Waals surface area contributed by atoms with Crippen LogP contribution in [-0.2, 0) is 0 Å². The fourth-order valence-electron chi connectivity index (χ4n) is 2.29. The SMILES string of the molecule is Cc1cc(NC(=O)c2ccco2)sc1C(=O)N(C)CCC(N)C(C)C. The third-order valence-electron chi connectivity index (χ3n) is 4.09. The Labute approximate surface area is 152 Å². The molecular weight excluding hydrogens is 338 g/mol. The molecule has 3 N–H and O–H groups in total. The van der Waals surface area contributed by atoms with Gasteiger partial charge in [0.2, 0.25) is 0 Å². The number of furan rings is 1. The average Bonchev–Trinajstić information content (AvgIpc) is 3.21. The predicted molar refractivity (Wildman–Crippen MR) is 100 cm³/mol. The lowest BCUT2D eigenvalue weighted by Gasteiger charge is -2.21. The fraction of sp³-hybridized carbons (Fsp3) is 0.444. The van der Waals surface area contributed by atoms with E-state index in [4.69, 9.17) is 10.2 Å². The van der Waals surface area contributed by atoms with Crippen LogP contribution in [0.2, 0.25) is 0 Å². The van der Waals surface area contributed by atoms with Crippen LogP contribution in [-0.4, -0.2) is 36.3 Å². The van der Waals surface area contributed by atoms with E-state index in [0.29, 0.717) is 22.3 Å². The molecule has 0 aliphatic carbocycles. The van der Waals surface area contributed by atoms with Crippen LogP contribution in [0.5, 0.6) is 0 Å². The minimum atomic E-state index is -0.332. The second-order valence-electron chi connectivity index (χ2n) is 6.48. The summed E-state index contributed by atoms with van der Waals surface area (Å²) in [4.78, 5) is 27.0. The van der Waals surface area contributed by atoms with Crippen LogP contribution in [0.1, 0.15) is 46.1 Å². The van der Waals surface area contributed by atoms with E-state index in [1.54, 1.807) is 30.1 Å². The summed E-state index contributed by atoms with van der Waals surface area (Å²) in [6.45, 7) is 6.61. The largest absolute Gasteiger partial charge is 0.459 e. The van der Waals surface area contributed by atoms with E-state index in [1.165, 1.54) is 17.6 Å². The molecule has 7 heteroatoms. The highest BCUT2D eigenvalue weighted by molar-refractivity contribution is 7.18. The maximum atomic E-state index is 12.6. The summed E-state index contributed by atoms with van der Waals surface area (Å²) in [5.74, 6) is 0.229. The van der Waals surface area contributed by atoms with Crippen molar-refractivity contribution < 1.29 is 14.0 Å². The zero-order valence-corrected chi connectivity index (χ0v) is 15.9. The normalized spacial score (nSPS) is 12.2. The second kappa shape index (κ2) is 8.31. The summed E-state index contributed by atoms with van der Waals surface area (Å²) in [6.07, 6.45) is 2.20. The summed E-state index contributed by atoms with van der Waals surface area (Å²) in [7, 11) is 1.77. The first kappa shape index (κ1) is 19.2. The van der Waals surface area contributed by atoms with Crippen molar-refractivity contribution in [1.82, 2.24) is 4.90 Å². The Kier molecular flexibility index (Phi) is 6.39. The summed E-state index contributed by atoms with van der Waals surface area (Å²) in [5, 5.41) is 3.38. The molecule has 0 bridgehead atoms. The molecule has 2 aromatic heterocycles. The third-order valence-corrected chi connectivity index (χ3v) is 5.24. The second-order valence-corrected chi connectivity index (χ2v) is 7.53. The first-order chi connectivity index (χ1) is 11.8. The van der Waals surface area contributed by atoms with Gasteiger partial charge in [0.25, 0.3) is 11.8 Å². The lowest BCUT2D eigenvalue weighted by molar-refractivity contribution is 0.0793. The number of rotatable bonds is 7. The third kappa shape index (κ3) is 4.93. The molecule has 25 heavy (non-hydrogen) atoms. The molecule has 1 atom stereocenters. The smallest absolute Gasteiger partial charge is 0.291 e. The minimum Gasteiger partial charge on any atom is -0.459 e. The number of carbonyl (C=O) groups is 2. The number of anilines is 1. The Bertz CT molecular complexity index is 722. The van der Waals surface area contributed by atoms with Crippen LogP contribution in [0.15, 0.2) is 28.9 Å². The molecule has 136 valence electrons. The van der Waals surface area contributed by atoms with Gasteiger partial charge in [0.1, 0.15) is 0 Å². The van der Waals surface area contributed by atoms with Gasteiger partial charge >= 0.3 is 0 Å². The Morgan fingerprint density at radius 3 is 2.72 bits per heavy atom. The highest BCUT2D eigenvalue weighted by Crippen LogP contribution is 2.28. The average molecular weight is 363 g/mol. The molecule has 0 aliphatic rings. The van der Waals surface area contributed by atoms with Crippen molar-refractivity contribution in [2.75, 3.05) is 18.9 Å². The van der Waals surface area contributed by atoms with Crippen molar-refractivity contribution in [3.63, 3.8) is 0 Å². The molecule has 0 radical (unpaired) electrons. The van der Waals surface area contributed by atoms with Gasteiger partial charge in [0.15, 0.2) is 5.76 Å². The molecule has 2 amide bonds. The first-order valence-corrected chi connectivity index (χ1v) is 9.07. The van der Waals surface area contributed by atoms with Gasteiger partial charge in [0.05, 0.1) is 16.1 Å². The lowest BCUT2D eigenvalue weighted by Crippen LogP contribution is -2.34. The van der Waals surface area contributed by atoms with Gasteiger partial charge in [-0.25, -0.2) is 0 Å². The summed E-state index contributed by atoms with van der Waals surface area (Å²) in [5.41, 5.74) is 6.88. The fourth-order valence-corrected chi connectivity index (χ4v) is 3.35. The molecule has 0 saturated carbocycles. The van der Waals surface area contributed by atoms with Crippen LogP contribution in [0, 0.1) is 12.8 Å². The monoisotopic (exact) mass is 363 g/mol. The van der Waals surface area contributed by atoms with Gasteiger partial charge in [-0.2, -0.15) is 0 Å². The number of nitrogens with zero attached hydrogens (tertiary/aromatic N) is 1. The molecule has 0 fully saturated rings. The van der Waals surface area contributed by atoms with Gasteiger partial charge < -0.3 is 20.4 Å². The number of hydrogen-bond acceptors (Lipinski definition) is 5. The predicted octanol–water partition coefficient (Wildman–Crippen LogP) is 3.35. The molecule has 0 spiro atoms. The van der Waals surface area contributed by atoms with Crippen molar-refractivity contribution >= 4 is 28.2 Å². The van der Waals surface area contributed by atoms with Gasteiger partial charge in [0, 0.05) is 19.6 Å². The number of amides is 2. The van der Waals surface area contributed by atoms with Crippen LogP contribution in [0.4, 0.5) is 5.00 Å². The molecule has 6 nitrogen and oxygen atoms in total. The van der Waals surface area contributed by atoms with E-state index in [0.717, 1.165) is 12.0 Å². The van der Waals surface area contributed by atoms with Crippen molar-refractivity contribution in [2.45, 2.75) is 33.2 Å². The van der Waals surface area contributed by atoms with E-state index in [2.05, 4.69) is 19.2 Å². The van der Waals surface area contributed by atoms with Crippen molar-refractivity contribution in [3.8, 4) is 0 Å². The quantitative estimate of drug-likeness (QED) is 0.789. The molecule has 2 heterocycles. The Hall–Kier alpha value is -2.12. The Morgan fingerprint density at radius 1 is 1.40 bits per heavy atom. The van der Waals surface area contributed by atoms with E-state index < -0.39 is 0 Å². The van der Waals surface area contributed by atoms with E-state index in [1.807, 2.05) is 6.92 Å². The molecule has 0 aromatic carbocycles. The highest BCUT2D eigenvalue weighted by atomic mass is 32.1. The first-order valence-electron chi connectivity index (χ1n) is 8.26. The molecule has 0 saturated heterocycles. The summed E-state index contributed by atoms with van der Waals surface area (Å²) < 4.78 is 5.07. The van der Waals surface area contributed by atoms with Crippen LogP contribution in [0.3, 0.4) is 0 Å². The number of nitrogens with two attached hydrogens (primary N) is 1. The Balaban J connectivity index is 2.00. The standard InChI is InChI=1S/C18H25N3O3S/c1-11(2)13(19)7-8-21(4)18(23)16-12(3)10-15(25-16)20-17(22)14-6-5-9-24-14/h5-6,9-11,13H,7-8,19H2,1-4H3,(H,20,22). The van der Waals surface area contributed by atoms with Crippen LogP contribution in [0.25, 0.3) is 0 Å². The van der Waals surface area contributed by atoms with Crippen LogP contribution < -0.4 is 11.1 Å². The highest BCUT2D eigenvalue weighted by Gasteiger charge is 2.20. The van der Waals surface area contributed by atoms with E-state index in [-0.39, 0.29) is 23.6 Å². The van der Waals surface area contributed by atoms with Gasteiger partial charge in [-0.05, 0) is 43.0 Å². The molecule has 0 aliphatic heterocycles. The number of carbonyl (C=O) groups excluding carboxylic acids is 2. The summed E-state index contributed by atoms with van der Waals surface area (Å²) in [6, 6.07) is 5.11. The number of aryl methyl sites for hydroxylation is 1. The van der Waals surface area contributed by atoms with Crippen LogP contribution >= 0.6 is 11.3 Å². The molecule has 1 unspecified atom stereocenters. The number of thiophene rings is 1. The van der Waals surface area contributed by atoms with E-state index >= 15 is 0 Å². The molecule has 2 rings (SSSR count). The minimum absolute atomic E-state index is 0.0584. The van der Waals surface area contributed by atoms with Gasteiger partial charge in [-0.15, -0.1) is 11.3 Å². The van der Waals surface area contributed by atoms with Crippen molar-refractivity contribution in [1.29, 1.82) is 0 Å². The number of nitrogens with one attached hydrogen (secondary N) is 1. The maximum absolute atomic E-state index is 12.6. The summed E-state index contributed by atoms with van der Waals surface area (Å²) >= 11 is 1.27. The van der Waals surface area contributed by atoms with Gasteiger partial charge in [-0.3, -0.25) is 9.59 Å². The Morgan fingerprint density at radius 2 is 2.12 bits per heavy atom. The lowest BCUT2D eigenvalue weighted by atomic mass is 10.0. The zero-order chi connectivity index (χ0) is 18.6. The molecule has 2 aromatic rings. The topological polar surface area (TPSA) is 88.6 Å². The van der Waals surface area contributed by atoms with Gasteiger partial charge in [-0.1, -0.05) is 13.8 Å². The van der Waals surface area contributed by atoms with Crippen molar-refractivity contribution in [2.24, 2.45) is 11.7 Å².